The molecule has 25 heteroatoms. The fourth-order valence-corrected chi connectivity index (χ4v) is 15.8. The molecule has 0 aliphatic carbocycles. The van der Waals surface area contributed by atoms with Gasteiger partial charge in [0.2, 0.25) is 0 Å². The minimum atomic E-state index is 0.579. The highest BCUT2D eigenvalue weighted by atomic mass is 35.5. The van der Waals surface area contributed by atoms with E-state index in [0.717, 1.165) is 122 Å². The maximum absolute atomic E-state index is 6.74. The van der Waals surface area contributed by atoms with Gasteiger partial charge in [-0.3, -0.25) is 0 Å². The van der Waals surface area contributed by atoms with Gasteiger partial charge in [0.25, 0.3) is 0 Å². The van der Waals surface area contributed by atoms with Crippen LogP contribution in [0.15, 0.2) is 273 Å². The zero-order valence-electron chi connectivity index (χ0n) is 66.8. The minimum absolute atomic E-state index is 0.579. The lowest BCUT2D eigenvalue weighted by Crippen LogP contribution is -1.95. The van der Waals surface area contributed by atoms with Crippen LogP contribution in [0.3, 0.4) is 0 Å². The average molecular weight is 1670 g/mol. The molecule has 590 valence electrons. The number of hydrogen-bond donors (Lipinski definition) is 0. The van der Waals surface area contributed by atoms with Crippen molar-refractivity contribution in [2.45, 2.75) is 34.6 Å². The number of benzene rings is 10. The minimum Gasteiger partial charge on any atom is -0.248 e. The molecule has 0 saturated carbocycles. The summed E-state index contributed by atoms with van der Waals surface area (Å²) in [5, 5.41) is 73.6. The van der Waals surface area contributed by atoms with Gasteiger partial charge in [-0.2, -0.15) is 25.5 Å². The topological polar surface area (TPSA) is 218 Å². The second kappa shape index (κ2) is 34.9. The number of hydrogen-bond acceptors (Lipinski definition) is 15. The summed E-state index contributed by atoms with van der Waals surface area (Å²) < 4.78 is 8.62. The van der Waals surface area contributed by atoms with Gasteiger partial charge in [0.05, 0.1) is 52.0 Å². The lowest BCUT2D eigenvalue weighted by molar-refractivity contribution is 0.781. The second-order valence-corrected chi connectivity index (χ2v) is 30.6. The molecule has 120 heavy (non-hydrogen) atoms. The quantitative estimate of drug-likeness (QED) is 0.124. The van der Waals surface area contributed by atoms with Crippen molar-refractivity contribution in [2.24, 2.45) is 35.2 Å². The van der Waals surface area contributed by atoms with E-state index in [0.29, 0.717) is 81.8 Å². The van der Waals surface area contributed by atoms with E-state index >= 15 is 0 Å². The highest BCUT2D eigenvalue weighted by Crippen LogP contribution is 2.44. The Kier molecular flexibility index (Phi) is 23.3. The van der Waals surface area contributed by atoms with Crippen LogP contribution in [-0.2, 0) is 35.2 Å². The summed E-state index contributed by atoms with van der Waals surface area (Å²) >= 11 is 33.6. The molecular weight excluding hydrogens is 1600 g/mol. The Bertz CT molecular complexity index is 6550. The number of halogens is 5. The molecule has 0 aliphatic rings. The zero-order valence-corrected chi connectivity index (χ0v) is 70.6. The molecule has 10 aromatic heterocycles. The lowest BCUT2D eigenvalue weighted by atomic mass is 10.0. The summed E-state index contributed by atoms with van der Waals surface area (Å²) in [4.78, 5) is 0. The summed E-state index contributed by atoms with van der Waals surface area (Å²) in [6.45, 7) is 10.3. The SMILES string of the molecule is Cc1ccc(-c2nn(C)c3nnc(-c4ccccc4)c(Cl)c23)cc1.Cc1ccc(-c2nn(C)c3nnc(-c4ccccc4)c(Cl)c23)cc1.Cc1ccc(-c2nn(C)c3nnc(-c4ccccc4)c(Cl)c23)cc1.Cc1ccccc1-c1nn(C)c2nnc(-c3ccccc3)c(Cl)c12.Cc1ccccc1-c1nn(C)c2nnc(-c3ccccc3)c(Cl)c12. The van der Waals surface area contributed by atoms with Crippen molar-refractivity contribution in [1.82, 2.24) is 99.9 Å². The Hall–Kier alpha value is -13.6. The Morgan fingerprint density at radius 3 is 0.567 bits per heavy atom. The van der Waals surface area contributed by atoms with Crippen molar-refractivity contribution < 1.29 is 0 Å². The lowest BCUT2D eigenvalue weighted by Gasteiger charge is -2.06. The third kappa shape index (κ3) is 16.1. The summed E-state index contributed by atoms with van der Waals surface area (Å²) in [5.41, 5.74) is 26.6. The predicted octanol–water partition coefficient (Wildman–Crippen LogP) is 23.3. The Labute approximate surface area is 716 Å². The maximum atomic E-state index is 6.74. The highest BCUT2D eigenvalue weighted by Gasteiger charge is 2.26. The normalized spacial score (nSPS) is 11.1. The van der Waals surface area contributed by atoms with Gasteiger partial charge in [-0.25, -0.2) is 23.4 Å². The van der Waals surface area contributed by atoms with Crippen molar-refractivity contribution >= 4 is 113 Å². The van der Waals surface area contributed by atoms with Crippen LogP contribution in [0.25, 0.3) is 168 Å². The van der Waals surface area contributed by atoms with Crippen LogP contribution >= 0.6 is 58.0 Å². The van der Waals surface area contributed by atoms with Crippen molar-refractivity contribution in [2.75, 3.05) is 0 Å². The Morgan fingerprint density at radius 2 is 0.358 bits per heavy atom. The Balaban J connectivity index is 0.000000112. The van der Waals surface area contributed by atoms with Gasteiger partial charge >= 0.3 is 0 Å². The van der Waals surface area contributed by atoms with Crippen LogP contribution in [0.1, 0.15) is 27.8 Å². The van der Waals surface area contributed by atoms with E-state index in [-0.39, 0.29) is 0 Å². The van der Waals surface area contributed by atoms with Gasteiger partial charge in [-0.15, -0.1) is 51.0 Å². The van der Waals surface area contributed by atoms with Crippen LogP contribution < -0.4 is 0 Å². The molecule has 0 saturated heterocycles. The fraction of sp³-hybridized carbons (Fsp3) is 0.105. The standard InChI is InChI=1S/5C19H15ClN4/c2*1-12-8-6-7-11-14(12)18-15-16(20)17(13-9-4-3-5-10-13)21-22-19(15)24(2)23-18;3*1-12-8-10-14(11-9-12)17-15-16(20)18(13-6-4-3-5-7-13)21-22-19(15)24(2)23-17/h5*3-11H,1-2H3. The maximum Gasteiger partial charge on any atom is 0.182 e. The Morgan fingerprint density at radius 1 is 0.183 bits per heavy atom. The molecule has 20 nitrogen and oxygen atoms in total. The molecule has 10 heterocycles. The van der Waals surface area contributed by atoms with Crippen LogP contribution in [-0.4, -0.2) is 99.9 Å². The third-order valence-electron chi connectivity index (χ3n) is 20.5. The number of aryl methyl sites for hydroxylation is 10. The van der Waals surface area contributed by atoms with E-state index in [4.69, 9.17) is 58.0 Å². The van der Waals surface area contributed by atoms with Crippen LogP contribution in [0, 0.1) is 34.6 Å². The van der Waals surface area contributed by atoms with E-state index in [1.165, 1.54) is 16.7 Å². The second-order valence-electron chi connectivity index (χ2n) is 28.7. The molecule has 20 rings (SSSR count). The van der Waals surface area contributed by atoms with Crippen molar-refractivity contribution in [1.29, 1.82) is 0 Å². The molecule has 0 N–H and O–H groups in total. The van der Waals surface area contributed by atoms with Gasteiger partial charge in [0.1, 0.15) is 56.9 Å². The highest BCUT2D eigenvalue weighted by molar-refractivity contribution is 6.41. The van der Waals surface area contributed by atoms with Crippen molar-refractivity contribution in [3.8, 4) is 113 Å². The van der Waals surface area contributed by atoms with E-state index < -0.39 is 0 Å². The smallest absolute Gasteiger partial charge is 0.182 e. The first-order valence-electron chi connectivity index (χ1n) is 38.3. The first kappa shape index (κ1) is 80.2. The van der Waals surface area contributed by atoms with E-state index in [1.807, 2.05) is 211 Å². The molecule has 0 bridgehead atoms. The molecule has 0 amide bonds. The van der Waals surface area contributed by atoms with Crippen LogP contribution in [0.4, 0.5) is 0 Å². The first-order valence-corrected chi connectivity index (χ1v) is 40.2. The summed E-state index contributed by atoms with van der Waals surface area (Å²) in [6, 6.07) is 90.2. The largest absolute Gasteiger partial charge is 0.248 e. The molecule has 0 unspecified atom stereocenters. The summed E-state index contributed by atoms with van der Waals surface area (Å²) in [7, 11) is 9.28. The molecule has 0 radical (unpaired) electrons. The number of aromatic nitrogens is 20. The van der Waals surface area contributed by atoms with Crippen LogP contribution in [0.2, 0.25) is 25.1 Å². The molecule has 0 spiro atoms. The monoisotopic (exact) mass is 1670 g/mol. The number of fused-ring (bicyclic) bond motifs is 5. The first-order chi connectivity index (χ1) is 58.3. The van der Waals surface area contributed by atoms with Gasteiger partial charge < -0.3 is 0 Å². The van der Waals surface area contributed by atoms with Gasteiger partial charge in [0.15, 0.2) is 28.2 Å². The molecule has 20 aromatic rings. The van der Waals surface area contributed by atoms with Crippen molar-refractivity contribution in [3.63, 3.8) is 0 Å². The molecule has 0 fully saturated rings. The van der Waals surface area contributed by atoms with Gasteiger partial charge in [0, 0.05) is 90.9 Å². The molecular formula is C95H75Cl5N20. The molecule has 0 aliphatic heterocycles. The zero-order chi connectivity index (χ0) is 83.4. The average Bonchev–Trinajstić information content (AvgIpc) is 1.62. The third-order valence-corrected chi connectivity index (χ3v) is 22.3. The predicted molar refractivity (Wildman–Crippen MR) is 485 cm³/mol. The summed E-state index contributed by atoms with van der Waals surface area (Å²) in [6.07, 6.45) is 0. The molecule has 0 atom stereocenters. The fourth-order valence-electron chi connectivity index (χ4n) is 14.2. The number of nitrogens with zero attached hydrogens (tertiary/aromatic N) is 20. The van der Waals surface area contributed by atoms with Crippen LogP contribution in [0.5, 0.6) is 0 Å². The van der Waals surface area contributed by atoms with E-state index in [2.05, 4.69) is 208 Å². The summed E-state index contributed by atoms with van der Waals surface area (Å²) in [5.74, 6) is 0. The van der Waals surface area contributed by atoms with Gasteiger partial charge in [-0.1, -0.05) is 348 Å². The van der Waals surface area contributed by atoms with Crippen molar-refractivity contribution in [3.05, 3.63) is 326 Å². The molecule has 10 aromatic carbocycles. The number of rotatable bonds is 10. The van der Waals surface area contributed by atoms with E-state index in [9.17, 15) is 0 Å². The van der Waals surface area contributed by atoms with Gasteiger partial charge in [-0.05, 0) is 45.7 Å². The van der Waals surface area contributed by atoms with E-state index in [1.54, 1.807) is 23.4 Å².